The quantitative estimate of drug-likeness (QED) is 0.927. The Morgan fingerprint density at radius 1 is 1.16 bits per heavy atom. The Kier molecular flexibility index (Phi) is 4.83. The fourth-order valence-electron chi connectivity index (χ4n) is 3.12. The summed E-state index contributed by atoms with van der Waals surface area (Å²) in [7, 11) is 1.62. The molecule has 0 spiro atoms. The zero-order valence-electron chi connectivity index (χ0n) is 14.8. The molecule has 2 aromatic rings. The SMILES string of the molecule is CCOC(=O)N1CCN(C(=O)c2[nH]c3cc(OC)ccc3c2C)CC1. The molecule has 1 aromatic carbocycles. The molecule has 1 saturated heterocycles. The number of nitrogens with one attached hydrogen (secondary N) is 1. The number of fused-ring (bicyclic) bond motifs is 1. The molecular weight excluding hydrogens is 322 g/mol. The summed E-state index contributed by atoms with van der Waals surface area (Å²) in [6, 6.07) is 5.73. The molecule has 25 heavy (non-hydrogen) atoms. The number of carbonyl (C=O) groups is 2. The molecule has 1 aliphatic rings. The number of hydrogen-bond acceptors (Lipinski definition) is 4. The number of ether oxygens (including phenoxy) is 2. The maximum Gasteiger partial charge on any atom is 0.409 e. The van der Waals surface area contributed by atoms with Crippen LogP contribution in [0.25, 0.3) is 10.9 Å². The lowest BCUT2D eigenvalue weighted by Gasteiger charge is -2.33. The summed E-state index contributed by atoms with van der Waals surface area (Å²) in [6.07, 6.45) is -0.316. The number of amides is 2. The number of rotatable bonds is 3. The van der Waals surface area contributed by atoms with E-state index in [0.717, 1.165) is 22.2 Å². The first-order valence-electron chi connectivity index (χ1n) is 8.42. The number of hydrogen-bond donors (Lipinski definition) is 1. The topological polar surface area (TPSA) is 74.9 Å². The first kappa shape index (κ1) is 17.1. The van der Waals surface area contributed by atoms with E-state index < -0.39 is 0 Å². The van der Waals surface area contributed by atoms with Crippen LogP contribution in [0.4, 0.5) is 4.79 Å². The first-order chi connectivity index (χ1) is 12.0. The summed E-state index contributed by atoms with van der Waals surface area (Å²) < 4.78 is 10.2. The summed E-state index contributed by atoms with van der Waals surface area (Å²) in [5.41, 5.74) is 2.40. The van der Waals surface area contributed by atoms with Crippen LogP contribution in [0, 0.1) is 6.92 Å². The average Bonchev–Trinajstić information content (AvgIpc) is 2.97. The van der Waals surface area contributed by atoms with Gasteiger partial charge < -0.3 is 24.3 Å². The van der Waals surface area contributed by atoms with Crippen LogP contribution in [0.3, 0.4) is 0 Å². The molecule has 134 valence electrons. The normalized spacial score (nSPS) is 14.7. The molecule has 7 nitrogen and oxygen atoms in total. The molecule has 0 unspecified atom stereocenters. The van der Waals surface area contributed by atoms with Gasteiger partial charge in [0.2, 0.25) is 0 Å². The van der Waals surface area contributed by atoms with Crippen LogP contribution < -0.4 is 4.74 Å². The van der Waals surface area contributed by atoms with Crippen LogP contribution in [-0.2, 0) is 4.74 Å². The highest BCUT2D eigenvalue weighted by molar-refractivity contribution is 6.01. The molecule has 2 heterocycles. The van der Waals surface area contributed by atoms with E-state index >= 15 is 0 Å². The van der Waals surface area contributed by atoms with Gasteiger partial charge in [-0.1, -0.05) is 0 Å². The summed E-state index contributed by atoms with van der Waals surface area (Å²) in [6.45, 7) is 6.04. The molecule has 1 fully saturated rings. The fourth-order valence-corrected chi connectivity index (χ4v) is 3.12. The number of aryl methyl sites for hydroxylation is 1. The lowest BCUT2D eigenvalue weighted by molar-refractivity contribution is 0.0566. The van der Waals surface area contributed by atoms with Crippen molar-refractivity contribution in [2.24, 2.45) is 0 Å². The van der Waals surface area contributed by atoms with Gasteiger partial charge in [-0.25, -0.2) is 4.79 Å². The van der Waals surface area contributed by atoms with Gasteiger partial charge in [0.1, 0.15) is 11.4 Å². The smallest absolute Gasteiger partial charge is 0.409 e. The molecular formula is C18H23N3O4. The number of piperazine rings is 1. The van der Waals surface area contributed by atoms with Gasteiger partial charge in [0, 0.05) is 43.1 Å². The van der Waals surface area contributed by atoms with Gasteiger partial charge in [-0.3, -0.25) is 4.79 Å². The molecule has 0 bridgehead atoms. The van der Waals surface area contributed by atoms with Crippen LogP contribution >= 0.6 is 0 Å². The van der Waals surface area contributed by atoms with Crippen molar-refractivity contribution >= 4 is 22.9 Å². The predicted molar refractivity (Wildman–Crippen MR) is 94.1 cm³/mol. The van der Waals surface area contributed by atoms with Crippen molar-refractivity contribution in [1.29, 1.82) is 0 Å². The minimum atomic E-state index is -0.316. The Morgan fingerprint density at radius 3 is 2.48 bits per heavy atom. The van der Waals surface area contributed by atoms with Gasteiger partial charge in [-0.2, -0.15) is 0 Å². The number of aromatic nitrogens is 1. The van der Waals surface area contributed by atoms with Gasteiger partial charge in [-0.05, 0) is 31.5 Å². The molecule has 0 atom stereocenters. The third-order valence-corrected chi connectivity index (χ3v) is 4.57. The van der Waals surface area contributed by atoms with Crippen LogP contribution in [-0.4, -0.2) is 66.7 Å². The zero-order valence-corrected chi connectivity index (χ0v) is 14.8. The zero-order chi connectivity index (χ0) is 18.0. The Bertz CT molecular complexity index is 791. The van der Waals surface area contributed by atoms with Gasteiger partial charge in [0.05, 0.1) is 13.7 Å². The van der Waals surface area contributed by atoms with E-state index in [2.05, 4.69) is 4.98 Å². The second-order valence-corrected chi connectivity index (χ2v) is 6.01. The molecule has 1 N–H and O–H groups in total. The lowest BCUT2D eigenvalue weighted by atomic mass is 10.1. The van der Waals surface area contributed by atoms with Crippen molar-refractivity contribution < 1.29 is 19.1 Å². The number of methoxy groups -OCH3 is 1. The van der Waals surface area contributed by atoms with Crippen molar-refractivity contribution in [3.63, 3.8) is 0 Å². The van der Waals surface area contributed by atoms with Crippen molar-refractivity contribution in [2.75, 3.05) is 39.9 Å². The summed E-state index contributed by atoms with van der Waals surface area (Å²) in [4.78, 5) is 31.3. The Hall–Kier alpha value is -2.70. The van der Waals surface area contributed by atoms with Crippen LogP contribution in [0.1, 0.15) is 23.0 Å². The van der Waals surface area contributed by atoms with E-state index in [4.69, 9.17) is 9.47 Å². The van der Waals surface area contributed by atoms with Gasteiger partial charge >= 0.3 is 6.09 Å². The maximum atomic E-state index is 12.9. The highest BCUT2D eigenvalue weighted by atomic mass is 16.6. The van der Waals surface area contributed by atoms with Crippen molar-refractivity contribution in [3.05, 3.63) is 29.5 Å². The van der Waals surface area contributed by atoms with E-state index in [-0.39, 0.29) is 12.0 Å². The molecule has 1 aromatic heterocycles. The Balaban J connectivity index is 1.75. The summed E-state index contributed by atoms with van der Waals surface area (Å²) >= 11 is 0. The second-order valence-electron chi connectivity index (χ2n) is 6.01. The first-order valence-corrected chi connectivity index (χ1v) is 8.42. The molecule has 2 amide bonds. The molecule has 3 rings (SSSR count). The molecule has 0 saturated carbocycles. The monoisotopic (exact) mass is 345 g/mol. The molecule has 0 radical (unpaired) electrons. The Labute approximate surface area is 146 Å². The van der Waals surface area contributed by atoms with Crippen molar-refractivity contribution in [2.45, 2.75) is 13.8 Å². The number of carbonyl (C=O) groups excluding carboxylic acids is 2. The number of H-pyrrole nitrogens is 1. The predicted octanol–water partition coefficient (Wildman–Crippen LogP) is 2.40. The Morgan fingerprint density at radius 2 is 1.84 bits per heavy atom. The summed E-state index contributed by atoms with van der Waals surface area (Å²) in [5.74, 6) is 0.701. The largest absolute Gasteiger partial charge is 0.497 e. The van der Waals surface area contributed by atoms with Crippen LogP contribution in [0.15, 0.2) is 18.2 Å². The molecule has 0 aliphatic carbocycles. The summed E-state index contributed by atoms with van der Waals surface area (Å²) in [5, 5.41) is 1.01. The third-order valence-electron chi connectivity index (χ3n) is 4.57. The van der Waals surface area contributed by atoms with E-state index in [9.17, 15) is 9.59 Å². The number of nitrogens with zero attached hydrogens (tertiary/aromatic N) is 2. The average molecular weight is 345 g/mol. The second kappa shape index (κ2) is 7.04. The van der Waals surface area contributed by atoms with E-state index in [1.807, 2.05) is 25.1 Å². The third kappa shape index (κ3) is 3.26. The highest BCUT2D eigenvalue weighted by Gasteiger charge is 2.27. The van der Waals surface area contributed by atoms with Crippen molar-refractivity contribution in [3.8, 4) is 5.75 Å². The van der Waals surface area contributed by atoms with Crippen LogP contribution in [0.5, 0.6) is 5.75 Å². The minimum absolute atomic E-state index is 0.0452. The van der Waals surface area contributed by atoms with E-state index in [0.29, 0.717) is 38.5 Å². The van der Waals surface area contributed by atoms with Gasteiger partial charge in [-0.15, -0.1) is 0 Å². The highest BCUT2D eigenvalue weighted by Crippen LogP contribution is 2.26. The van der Waals surface area contributed by atoms with Gasteiger partial charge in [0.25, 0.3) is 5.91 Å². The fraction of sp³-hybridized carbons (Fsp3) is 0.444. The van der Waals surface area contributed by atoms with E-state index in [1.54, 1.807) is 23.8 Å². The standard InChI is InChI=1S/C18H23N3O4/c1-4-25-18(23)21-9-7-20(8-10-21)17(22)16-12(2)14-6-5-13(24-3)11-15(14)19-16/h5-6,11,19H,4,7-10H2,1-3H3. The minimum Gasteiger partial charge on any atom is -0.497 e. The van der Waals surface area contributed by atoms with Crippen LogP contribution in [0.2, 0.25) is 0 Å². The lowest BCUT2D eigenvalue weighted by Crippen LogP contribution is -2.50. The number of aromatic amines is 1. The van der Waals surface area contributed by atoms with Crippen molar-refractivity contribution in [1.82, 2.24) is 14.8 Å². The number of benzene rings is 1. The maximum absolute atomic E-state index is 12.9. The van der Waals surface area contributed by atoms with Gasteiger partial charge in [0.15, 0.2) is 0 Å². The van der Waals surface area contributed by atoms with E-state index in [1.165, 1.54) is 0 Å². The molecule has 7 heteroatoms. The molecule has 1 aliphatic heterocycles.